The Morgan fingerprint density at radius 2 is 2.06 bits per heavy atom. The Kier molecular flexibility index (Phi) is 4.09. The van der Waals surface area contributed by atoms with Crippen LogP contribution in [-0.4, -0.2) is 18.6 Å². The molecule has 0 aliphatic heterocycles. The van der Waals surface area contributed by atoms with Crippen molar-refractivity contribution in [2.24, 2.45) is 0 Å². The van der Waals surface area contributed by atoms with Crippen molar-refractivity contribution in [2.45, 2.75) is 5.92 Å². The molecular formula is C12H13BrN2S. The Bertz CT molecular complexity index is 441. The first-order valence-electron chi connectivity index (χ1n) is 5.11. The van der Waals surface area contributed by atoms with E-state index >= 15 is 0 Å². The van der Waals surface area contributed by atoms with Gasteiger partial charge in [-0.1, -0.05) is 0 Å². The van der Waals surface area contributed by atoms with Gasteiger partial charge in [0.15, 0.2) is 0 Å². The van der Waals surface area contributed by atoms with Crippen LogP contribution >= 0.6 is 27.3 Å². The summed E-state index contributed by atoms with van der Waals surface area (Å²) in [6.07, 6.45) is 3.70. The summed E-state index contributed by atoms with van der Waals surface area (Å²) in [6, 6.07) is 8.44. The predicted molar refractivity (Wildman–Crippen MR) is 72.0 cm³/mol. The van der Waals surface area contributed by atoms with Crippen molar-refractivity contribution in [3.63, 3.8) is 0 Å². The Balaban J connectivity index is 2.31. The van der Waals surface area contributed by atoms with Crippen LogP contribution in [-0.2, 0) is 0 Å². The highest BCUT2D eigenvalue weighted by atomic mass is 79.9. The second-order valence-electron chi connectivity index (χ2n) is 3.53. The van der Waals surface area contributed by atoms with Crippen LogP contribution < -0.4 is 5.32 Å². The first kappa shape index (κ1) is 11.8. The number of thiophene rings is 1. The summed E-state index contributed by atoms with van der Waals surface area (Å²) in [6.45, 7) is 0.941. The summed E-state index contributed by atoms with van der Waals surface area (Å²) < 4.78 is 1.18. The highest BCUT2D eigenvalue weighted by Gasteiger charge is 2.14. The number of halogens is 1. The van der Waals surface area contributed by atoms with Gasteiger partial charge in [-0.05, 0) is 52.8 Å². The van der Waals surface area contributed by atoms with Gasteiger partial charge in [0.2, 0.25) is 0 Å². The maximum atomic E-state index is 4.06. The van der Waals surface area contributed by atoms with E-state index in [0.717, 1.165) is 6.54 Å². The summed E-state index contributed by atoms with van der Waals surface area (Å²) in [7, 11) is 1.98. The molecule has 0 amide bonds. The largest absolute Gasteiger partial charge is 0.319 e. The summed E-state index contributed by atoms with van der Waals surface area (Å²) in [5.41, 5.74) is 1.30. The van der Waals surface area contributed by atoms with Crippen LogP contribution in [0, 0.1) is 0 Å². The molecule has 0 aliphatic rings. The van der Waals surface area contributed by atoms with Gasteiger partial charge in [0.25, 0.3) is 0 Å². The highest BCUT2D eigenvalue weighted by Crippen LogP contribution is 2.32. The SMILES string of the molecule is CNCC(c1ccncc1)c1ccc(Br)s1. The van der Waals surface area contributed by atoms with Gasteiger partial charge in [0, 0.05) is 29.7 Å². The maximum Gasteiger partial charge on any atom is 0.0701 e. The molecule has 2 rings (SSSR count). The standard InChI is InChI=1S/C12H13BrN2S/c1-14-8-10(9-4-6-15-7-5-9)11-2-3-12(13)16-11/h2-7,10,14H,8H2,1H3. The van der Waals surface area contributed by atoms with E-state index in [1.165, 1.54) is 14.2 Å². The van der Waals surface area contributed by atoms with Gasteiger partial charge in [-0.3, -0.25) is 4.98 Å². The van der Waals surface area contributed by atoms with E-state index in [1.54, 1.807) is 11.3 Å². The zero-order chi connectivity index (χ0) is 11.4. The normalized spacial score (nSPS) is 12.6. The van der Waals surface area contributed by atoms with Crippen LogP contribution in [0.5, 0.6) is 0 Å². The van der Waals surface area contributed by atoms with Gasteiger partial charge < -0.3 is 5.32 Å². The third-order valence-corrected chi connectivity index (χ3v) is 4.19. The molecule has 2 nitrogen and oxygen atoms in total. The molecule has 2 aromatic rings. The number of pyridine rings is 1. The summed E-state index contributed by atoms with van der Waals surface area (Å²) in [5.74, 6) is 0.407. The lowest BCUT2D eigenvalue weighted by atomic mass is 9.99. The van der Waals surface area contributed by atoms with Crippen LogP contribution in [0.2, 0.25) is 0 Å². The molecule has 0 saturated carbocycles. The number of rotatable bonds is 4. The highest BCUT2D eigenvalue weighted by molar-refractivity contribution is 9.11. The van der Waals surface area contributed by atoms with Crippen molar-refractivity contribution in [1.82, 2.24) is 10.3 Å². The third kappa shape index (κ3) is 2.70. The number of hydrogen-bond donors (Lipinski definition) is 1. The summed E-state index contributed by atoms with van der Waals surface area (Å²) in [4.78, 5) is 5.43. The van der Waals surface area contributed by atoms with Crippen molar-refractivity contribution in [3.8, 4) is 0 Å². The van der Waals surface area contributed by atoms with E-state index in [1.807, 2.05) is 19.4 Å². The quantitative estimate of drug-likeness (QED) is 0.937. The van der Waals surface area contributed by atoms with Crippen LogP contribution in [0.15, 0.2) is 40.4 Å². The molecule has 1 unspecified atom stereocenters. The van der Waals surface area contributed by atoms with E-state index in [-0.39, 0.29) is 0 Å². The first-order valence-corrected chi connectivity index (χ1v) is 6.72. The number of nitrogens with one attached hydrogen (secondary N) is 1. The molecule has 0 spiro atoms. The van der Waals surface area contributed by atoms with Gasteiger partial charge in [-0.2, -0.15) is 0 Å². The lowest BCUT2D eigenvalue weighted by Crippen LogP contribution is -2.17. The molecule has 0 aliphatic carbocycles. The number of likely N-dealkylation sites (N-methyl/N-ethyl adjacent to an activating group) is 1. The van der Waals surface area contributed by atoms with E-state index < -0.39 is 0 Å². The molecule has 16 heavy (non-hydrogen) atoms. The molecule has 0 aromatic carbocycles. The fourth-order valence-corrected chi connectivity index (χ4v) is 3.25. The van der Waals surface area contributed by atoms with Crippen molar-refractivity contribution in [2.75, 3.05) is 13.6 Å². The monoisotopic (exact) mass is 296 g/mol. The topological polar surface area (TPSA) is 24.9 Å². The van der Waals surface area contributed by atoms with Crippen LogP contribution in [0.4, 0.5) is 0 Å². The lowest BCUT2D eigenvalue weighted by Gasteiger charge is -2.14. The predicted octanol–water partition coefficient (Wildman–Crippen LogP) is 3.26. The Morgan fingerprint density at radius 1 is 1.31 bits per heavy atom. The Labute approximate surface area is 108 Å². The molecule has 1 N–H and O–H groups in total. The molecular weight excluding hydrogens is 284 g/mol. The van der Waals surface area contributed by atoms with Crippen molar-refractivity contribution in [1.29, 1.82) is 0 Å². The molecule has 2 aromatic heterocycles. The molecule has 0 radical (unpaired) electrons. The second-order valence-corrected chi connectivity index (χ2v) is 6.03. The van der Waals surface area contributed by atoms with Gasteiger partial charge >= 0.3 is 0 Å². The maximum absolute atomic E-state index is 4.06. The molecule has 4 heteroatoms. The Hall–Kier alpha value is -0.710. The van der Waals surface area contributed by atoms with Gasteiger partial charge in [-0.25, -0.2) is 0 Å². The number of hydrogen-bond acceptors (Lipinski definition) is 3. The average Bonchev–Trinajstić information content (AvgIpc) is 2.74. The molecule has 2 heterocycles. The minimum Gasteiger partial charge on any atom is -0.319 e. The van der Waals surface area contributed by atoms with Crippen LogP contribution in [0.1, 0.15) is 16.4 Å². The van der Waals surface area contributed by atoms with Gasteiger partial charge in [0.1, 0.15) is 0 Å². The lowest BCUT2D eigenvalue weighted by molar-refractivity contribution is 0.716. The van der Waals surface area contributed by atoms with Crippen molar-refractivity contribution >= 4 is 27.3 Å². The smallest absolute Gasteiger partial charge is 0.0701 e. The third-order valence-electron chi connectivity index (χ3n) is 2.45. The summed E-state index contributed by atoms with van der Waals surface area (Å²) >= 11 is 5.30. The minimum atomic E-state index is 0.407. The van der Waals surface area contributed by atoms with Crippen LogP contribution in [0.25, 0.3) is 0 Å². The molecule has 0 saturated heterocycles. The number of aromatic nitrogens is 1. The van der Waals surface area contributed by atoms with Crippen molar-refractivity contribution in [3.05, 3.63) is 50.9 Å². The van der Waals surface area contributed by atoms with E-state index in [2.05, 4.69) is 50.5 Å². The zero-order valence-corrected chi connectivity index (χ0v) is 11.4. The van der Waals surface area contributed by atoms with E-state index in [4.69, 9.17) is 0 Å². The second kappa shape index (κ2) is 5.57. The summed E-state index contributed by atoms with van der Waals surface area (Å²) in [5, 5.41) is 3.24. The molecule has 0 fully saturated rings. The van der Waals surface area contributed by atoms with Gasteiger partial charge in [-0.15, -0.1) is 11.3 Å². The van der Waals surface area contributed by atoms with E-state index in [0.29, 0.717) is 5.92 Å². The van der Waals surface area contributed by atoms with Crippen LogP contribution in [0.3, 0.4) is 0 Å². The molecule has 1 atom stereocenters. The number of nitrogens with zero attached hydrogens (tertiary/aromatic N) is 1. The molecule has 84 valence electrons. The fourth-order valence-electron chi connectivity index (χ4n) is 1.70. The molecule has 0 bridgehead atoms. The first-order chi connectivity index (χ1) is 7.81. The minimum absolute atomic E-state index is 0.407. The van der Waals surface area contributed by atoms with E-state index in [9.17, 15) is 0 Å². The van der Waals surface area contributed by atoms with Gasteiger partial charge in [0.05, 0.1) is 3.79 Å². The fraction of sp³-hybridized carbons (Fsp3) is 0.250. The Morgan fingerprint density at radius 3 is 2.62 bits per heavy atom. The van der Waals surface area contributed by atoms with Crippen molar-refractivity contribution < 1.29 is 0 Å². The zero-order valence-electron chi connectivity index (χ0n) is 8.98. The average molecular weight is 297 g/mol.